The molecule has 0 aromatic rings. The second-order valence-electron chi connectivity index (χ2n) is 5.00. The van der Waals surface area contributed by atoms with Gasteiger partial charge in [0.15, 0.2) is 0 Å². The van der Waals surface area contributed by atoms with Crippen LogP contribution in [0.15, 0.2) is 0 Å². The largest absolute Gasteiger partial charge is 0.385 e. The predicted octanol–water partition coefficient (Wildman–Crippen LogP) is 0.845. The summed E-state index contributed by atoms with van der Waals surface area (Å²) in [4.78, 5) is 13.7. The van der Waals surface area contributed by atoms with E-state index in [-0.39, 0.29) is 6.03 Å². The molecule has 0 radical (unpaired) electrons. The molecule has 2 amide bonds. The molecule has 1 N–H and O–H groups in total. The van der Waals surface area contributed by atoms with Crippen LogP contribution in [-0.4, -0.2) is 57.5 Å². The number of hydrogen-bond acceptors (Lipinski definition) is 3. The third-order valence-corrected chi connectivity index (χ3v) is 3.71. The number of ether oxygens (including phenoxy) is 2. The molecule has 1 saturated heterocycles. The van der Waals surface area contributed by atoms with Gasteiger partial charge in [-0.1, -0.05) is 0 Å². The minimum atomic E-state index is 0.0528. The van der Waals surface area contributed by atoms with Crippen molar-refractivity contribution in [2.45, 2.75) is 19.3 Å². The van der Waals surface area contributed by atoms with Crippen molar-refractivity contribution in [2.24, 2.45) is 5.41 Å². The molecule has 1 aliphatic carbocycles. The van der Waals surface area contributed by atoms with E-state index in [1.165, 1.54) is 12.8 Å². The minimum absolute atomic E-state index is 0.0528. The van der Waals surface area contributed by atoms with Gasteiger partial charge in [0.2, 0.25) is 0 Å². The highest BCUT2D eigenvalue weighted by atomic mass is 16.5. The highest BCUT2D eigenvalue weighted by Crippen LogP contribution is 2.48. The van der Waals surface area contributed by atoms with Gasteiger partial charge >= 0.3 is 6.03 Å². The predicted molar refractivity (Wildman–Crippen MR) is 64.0 cm³/mol. The fourth-order valence-corrected chi connectivity index (χ4v) is 2.15. The van der Waals surface area contributed by atoms with Crippen molar-refractivity contribution < 1.29 is 14.3 Å². The van der Waals surface area contributed by atoms with E-state index in [0.29, 0.717) is 31.7 Å². The van der Waals surface area contributed by atoms with Crippen LogP contribution >= 0.6 is 0 Å². The fourth-order valence-electron chi connectivity index (χ4n) is 2.15. The first-order chi connectivity index (χ1) is 8.26. The Hall–Kier alpha value is -0.810. The van der Waals surface area contributed by atoms with Crippen LogP contribution in [0.4, 0.5) is 4.79 Å². The second-order valence-corrected chi connectivity index (χ2v) is 5.00. The lowest BCUT2D eigenvalue weighted by atomic mass is 10.0. The lowest BCUT2D eigenvalue weighted by molar-refractivity contribution is 0.0527. The molecule has 0 bridgehead atoms. The Labute approximate surface area is 102 Å². The second kappa shape index (κ2) is 5.69. The van der Waals surface area contributed by atoms with Gasteiger partial charge in [0.25, 0.3) is 0 Å². The summed E-state index contributed by atoms with van der Waals surface area (Å²) in [6.45, 7) is 4.29. The molecular weight excluding hydrogens is 220 g/mol. The Bertz CT molecular complexity index is 260. The monoisotopic (exact) mass is 242 g/mol. The standard InChI is InChI=1S/C12H22N2O3/c1-16-7-4-12(2-3-12)10-13-11(15)14-5-8-17-9-6-14/h2-10H2,1H3,(H,13,15). The van der Waals surface area contributed by atoms with Crippen LogP contribution in [0.3, 0.4) is 0 Å². The van der Waals surface area contributed by atoms with Crippen LogP contribution in [0, 0.1) is 5.41 Å². The summed E-state index contributed by atoms with van der Waals surface area (Å²) in [5.41, 5.74) is 0.317. The van der Waals surface area contributed by atoms with E-state index in [9.17, 15) is 4.79 Å². The highest BCUT2D eigenvalue weighted by Gasteiger charge is 2.42. The van der Waals surface area contributed by atoms with Crippen LogP contribution in [0.1, 0.15) is 19.3 Å². The van der Waals surface area contributed by atoms with Crippen LogP contribution in [0.2, 0.25) is 0 Å². The molecule has 1 heterocycles. The van der Waals surface area contributed by atoms with Crippen LogP contribution < -0.4 is 5.32 Å². The Kier molecular flexibility index (Phi) is 4.23. The number of nitrogens with zero attached hydrogens (tertiary/aromatic N) is 1. The number of morpholine rings is 1. The van der Waals surface area contributed by atoms with Crippen molar-refractivity contribution in [3.05, 3.63) is 0 Å². The molecule has 0 spiro atoms. The van der Waals surface area contributed by atoms with Gasteiger partial charge in [0, 0.05) is 33.4 Å². The fraction of sp³-hybridized carbons (Fsp3) is 0.917. The Morgan fingerprint density at radius 2 is 2.12 bits per heavy atom. The summed E-state index contributed by atoms with van der Waals surface area (Å²) < 4.78 is 10.3. The molecule has 1 saturated carbocycles. The maximum atomic E-state index is 11.9. The lowest BCUT2D eigenvalue weighted by Gasteiger charge is -2.28. The maximum Gasteiger partial charge on any atom is 0.317 e. The molecular formula is C12H22N2O3. The van der Waals surface area contributed by atoms with E-state index in [0.717, 1.165) is 19.6 Å². The SMILES string of the molecule is COCCC1(CNC(=O)N2CCOCC2)CC1. The zero-order valence-electron chi connectivity index (χ0n) is 10.5. The summed E-state index contributed by atoms with van der Waals surface area (Å²) in [5.74, 6) is 0. The zero-order chi connectivity index (χ0) is 12.1. The van der Waals surface area contributed by atoms with Crippen molar-refractivity contribution in [3.8, 4) is 0 Å². The van der Waals surface area contributed by atoms with Crippen molar-refractivity contribution in [3.63, 3.8) is 0 Å². The van der Waals surface area contributed by atoms with Gasteiger partial charge in [-0.2, -0.15) is 0 Å². The van der Waals surface area contributed by atoms with Gasteiger partial charge in [-0.15, -0.1) is 0 Å². The van der Waals surface area contributed by atoms with Crippen molar-refractivity contribution in [1.82, 2.24) is 10.2 Å². The van der Waals surface area contributed by atoms with E-state index >= 15 is 0 Å². The van der Waals surface area contributed by atoms with Gasteiger partial charge < -0.3 is 19.7 Å². The van der Waals surface area contributed by atoms with Crippen LogP contribution in [0.25, 0.3) is 0 Å². The first kappa shape index (κ1) is 12.6. The average Bonchev–Trinajstić information content (AvgIpc) is 3.15. The van der Waals surface area contributed by atoms with E-state index in [1.54, 1.807) is 7.11 Å². The molecule has 0 aromatic carbocycles. The summed E-state index contributed by atoms with van der Waals surface area (Å²) in [5, 5.41) is 3.04. The molecule has 17 heavy (non-hydrogen) atoms. The van der Waals surface area contributed by atoms with E-state index in [4.69, 9.17) is 9.47 Å². The molecule has 1 aliphatic heterocycles. The van der Waals surface area contributed by atoms with Gasteiger partial charge in [0.1, 0.15) is 0 Å². The smallest absolute Gasteiger partial charge is 0.317 e. The number of amides is 2. The highest BCUT2D eigenvalue weighted by molar-refractivity contribution is 5.74. The van der Waals surface area contributed by atoms with E-state index in [1.807, 2.05) is 4.90 Å². The summed E-state index contributed by atoms with van der Waals surface area (Å²) in [6, 6.07) is 0.0528. The molecule has 0 aromatic heterocycles. The minimum Gasteiger partial charge on any atom is -0.385 e. The number of rotatable bonds is 5. The van der Waals surface area contributed by atoms with Gasteiger partial charge in [0.05, 0.1) is 13.2 Å². The van der Waals surface area contributed by atoms with Crippen molar-refractivity contribution in [1.29, 1.82) is 0 Å². The molecule has 2 fully saturated rings. The number of urea groups is 1. The Morgan fingerprint density at radius 1 is 1.41 bits per heavy atom. The normalized spacial score (nSPS) is 22.3. The number of nitrogens with one attached hydrogen (secondary N) is 1. The van der Waals surface area contributed by atoms with Crippen molar-refractivity contribution >= 4 is 6.03 Å². The molecule has 98 valence electrons. The van der Waals surface area contributed by atoms with E-state index in [2.05, 4.69) is 5.32 Å². The molecule has 2 rings (SSSR count). The van der Waals surface area contributed by atoms with Crippen molar-refractivity contribution in [2.75, 3.05) is 46.6 Å². The maximum absolute atomic E-state index is 11.9. The van der Waals surface area contributed by atoms with Crippen LogP contribution in [0.5, 0.6) is 0 Å². The number of methoxy groups -OCH3 is 1. The zero-order valence-corrected chi connectivity index (χ0v) is 10.5. The van der Waals surface area contributed by atoms with Crippen LogP contribution in [-0.2, 0) is 9.47 Å². The number of carbonyl (C=O) groups excluding carboxylic acids is 1. The lowest BCUT2D eigenvalue weighted by Crippen LogP contribution is -2.47. The quantitative estimate of drug-likeness (QED) is 0.777. The van der Waals surface area contributed by atoms with Gasteiger partial charge in [-0.25, -0.2) is 4.79 Å². The third kappa shape index (κ3) is 3.57. The van der Waals surface area contributed by atoms with Gasteiger partial charge in [-0.3, -0.25) is 0 Å². The van der Waals surface area contributed by atoms with E-state index < -0.39 is 0 Å². The number of carbonyl (C=O) groups is 1. The van der Waals surface area contributed by atoms with Gasteiger partial charge in [-0.05, 0) is 24.7 Å². The summed E-state index contributed by atoms with van der Waals surface area (Å²) >= 11 is 0. The summed E-state index contributed by atoms with van der Waals surface area (Å²) in [6.07, 6.45) is 3.46. The topological polar surface area (TPSA) is 50.8 Å². The molecule has 0 unspecified atom stereocenters. The first-order valence-electron chi connectivity index (χ1n) is 6.35. The Balaban J connectivity index is 1.68. The molecule has 5 heteroatoms. The number of hydrogen-bond donors (Lipinski definition) is 1. The first-order valence-corrected chi connectivity index (χ1v) is 6.35. The Morgan fingerprint density at radius 3 is 2.71 bits per heavy atom. The molecule has 5 nitrogen and oxygen atoms in total. The average molecular weight is 242 g/mol. The molecule has 2 aliphatic rings. The summed E-state index contributed by atoms with van der Waals surface area (Å²) in [7, 11) is 1.72. The molecule has 0 atom stereocenters. The third-order valence-electron chi connectivity index (χ3n) is 3.71.